The van der Waals surface area contributed by atoms with Gasteiger partial charge in [0.1, 0.15) is 6.04 Å². The number of carbonyl (C=O) groups is 3. The zero-order valence-corrected chi connectivity index (χ0v) is 15.3. The number of nitrogens with zero attached hydrogens (tertiary/aromatic N) is 2. The van der Waals surface area contributed by atoms with Crippen molar-refractivity contribution in [3.05, 3.63) is 0 Å². The zero-order valence-electron chi connectivity index (χ0n) is 15.3. The molecule has 3 atom stereocenters. The van der Waals surface area contributed by atoms with Crippen molar-refractivity contribution in [2.24, 2.45) is 17.8 Å². The number of hydrogen-bond acceptors (Lipinski definition) is 3. The average Bonchev–Trinajstić information content (AvgIpc) is 3.00. The molecule has 3 aliphatic rings. The Balaban J connectivity index is 1.67. The predicted octanol–water partition coefficient (Wildman–Crippen LogP) is 2.13. The fourth-order valence-electron chi connectivity index (χ4n) is 4.92. The van der Waals surface area contributed by atoms with E-state index in [-0.39, 0.29) is 29.7 Å². The number of fused-ring (bicyclic) bond motifs is 1. The van der Waals surface area contributed by atoms with Crippen molar-refractivity contribution in [1.29, 1.82) is 0 Å². The lowest BCUT2D eigenvalue weighted by molar-refractivity contribution is -0.153. The molecule has 3 unspecified atom stereocenters. The third kappa shape index (κ3) is 3.53. The number of piperidine rings is 1. The van der Waals surface area contributed by atoms with Crippen molar-refractivity contribution in [1.82, 2.24) is 9.80 Å². The molecule has 0 bridgehead atoms. The van der Waals surface area contributed by atoms with Crippen molar-refractivity contribution in [3.8, 4) is 0 Å². The first-order valence-corrected chi connectivity index (χ1v) is 9.74. The number of amides is 2. The molecular formula is C19H30N2O4. The van der Waals surface area contributed by atoms with E-state index in [0.29, 0.717) is 38.3 Å². The van der Waals surface area contributed by atoms with E-state index in [1.54, 1.807) is 4.90 Å². The maximum Gasteiger partial charge on any atom is 0.326 e. The fourth-order valence-corrected chi connectivity index (χ4v) is 4.92. The number of carboxylic acid groups (broad SMARTS) is 1. The lowest BCUT2D eigenvalue weighted by Crippen LogP contribution is -2.51. The summed E-state index contributed by atoms with van der Waals surface area (Å²) in [5, 5.41) is 9.61. The fraction of sp³-hybridized carbons (Fsp3) is 0.842. The van der Waals surface area contributed by atoms with E-state index in [2.05, 4.69) is 0 Å². The molecule has 0 aromatic carbocycles. The van der Waals surface area contributed by atoms with Gasteiger partial charge in [-0.05, 0) is 38.0 Å². The molecule has 25 heavy (non-hydrogen) atoms. The molecule has 0 spiro atoms. The van der Waals surface area contributed by atoms with Gasteiger partial charge in [0.2, 0.25) is 11.8 Å². The van der Waals surface area contributed by atoms with Crippen LogP contribution < -0.4 is 0 Å². The molecule has 2 aliphatic heterocycles. The normalized spacial score (nSPS) is 30.4. The van der Waals surface area contributed by atoms with Gasteiger partial charge in [0.25, 0.3) is 0 Å². The van der Waals surface area contributed by atoms with E-state index in [0.717, 1.165) is 25.7 Å². The van der Waals surface area contributed by atoms with Crippen LogP contribution in [0.1, 0.15) is 58.8 Å². The Kier molecular flexibility index (Phi) is 5.35. The molecule has 3 rings (SSSR count). The zero-order chi connectivity index (χ0) is 18.1. The first-order valence-electron chi connectivity index (χ1n) is 9.74. The highest BCUT2D eigenvalue weighted by molar-refractivity contribution is 5.86. The van der Waals surface area contributed by atoms with E-state index in [4.69, 9.17) is 0 Å². The highest BCUT2D eigenvalue weighted by Crippen LogP contribution is 2.41. The Hall–Kier alpha value is -1.59. The maximum absolute atomic E-state index is 13.1. The summed E-state index contributed by atoms with van der Waals surface area (Å²) in [6.07, 6.45) is 6.11. The third-order valence-corrected chi connectivity index (χ3v) is 6.28. The average molecular weight is 350 g/mol. The third-order valence-electron chi connectivity index (χ3n) is 6.28. The molecule has 2 amide bonds. The molecule has 140 valence electrons. The lowest BCUT2D eigenvalue weighted by Gasteiger charge is -2.38. The second kappa shape index (κ2) is 7.34. The van der Waals surface area contributed by atoms with Gasteiger partial charge in [-0.1, -0.05) is 26.7 Å². The highest BCUT2D eigenvalue weighted by Gasteiger charge is 2.49. The molecule has 1 N–H and O–H groups in total. The molecule has 0 aromatic heterocycles. The maximum atomic E-state index is 13.1. The van der Waals surface area contributed by atoms with Gasteiger partial charge < -0.3 is 14.9 Å². The van der Waals surface area contributed by atoms with Crippen LogP contribution in [-0.4, -0.2) is 57.9 Å². The summed E-state index contributed by atoms with van der Waals surface area (Å²) >= 11 is 0. The minimum Gasteiger partial charge on any atom is -0.480 e. The van der Waals surface area contributed by atoms with Crippen molar-refractivity contribution >= 4 is 17.8 Å². The van der Waals surface area contributed by atoms with Gasteiger partial charge in [0.15, 0.2) is 0 Å². The van der Waals surface area contributed by atoms with Crippen LogP contribution in [0.4, 0.5) is 0 Å². The van der Waals surface area contributed by atoms with Gasteiger partial charge in [0, 0.05) is 31.0 Å². The van der Waals surface area contributed by atoms with Gasteiger partial charge >= 0.3 is 5.97 Å². The summed E-state index contributed by atoms with van der Waals surface area (Å²) in [7, 11) is 0. The Labute approximate surface area is 149 Å². The molecule has 6 heteroatoms. The summed E-state index contributed by atoms with van der Waals surface area (Å²) in [5.41, 5.74) is 0. The lowest BCUT2D eigenvalue weighted by atomic mass is 9.84. The molecule has 0 aromatic rings. The first kappa shape index (κ1) is 18.2. The summed E-state index contributed by atoms with van der Waals surface area (Å²) in [4.78, 5) is 40.5. The molecule has 2 saturated heterocycles. The molecule has 3 fully saturated rings. The predicted molar refractivity (Wildman–Crippen MR) is 92.8 cm³/mol. The number of aliphatic carboxylic acids is 1. The number of likely N-dealkylation sites (tertiary alicyclic amines) is 2. The Morgan fingerprint density at radius 3 is 2.24 bits per heavy atom. The number of carbonyl (C=O) groups excluding carboxylic acids is 2. The largest absolute Gasteiger partial charge is 0.480 e. The van der Waals surface area contributed by atoms with Crippen molar-refractivity contribution in [2.45, 2.75) is 70.9 Å². The second-order valence-electron chi connectivity index (χ2n) is 8.20. The highest BCUT2D eigenvalue weighted by atomic mass is 16.4. The summed E-state index contributed by atoms with van der Waals surface area (Å²) in [6.45, 7) is 5.00. The van der Waals surface area contributed by atoms with Crippen molar-refractivity contribution < 1.29 is 19.5 Å². The second-order valence-corrected chi connectivity index (χ2v) is 8.20. The Morgan fingerprint density at radius 2 is 1.64 bits per heavy atom. The number of carboxylic acids is 1. The van der Waals surface area contributed by atoms with Crippen LogP contribution in [0.25, 0.3) is 0 Å². The minimum atomic E-state index is -0.866. The summed E-state index contributed by atoms with van der Waals surface area (Å²) in [5.74, 6) is -0.526. The summed E-state index contributed by atoms with van der Waals surface area (Å²) in [6, 6.07) is -0.548. The van der Waals surface area contributed by atoms with Gasteiger partial charge in [0.05, 0.1) is 0 Å². The van der Waals surface area contributed by atoms with E-state index in [1.807, 2.05) is 18.7 Å². The topological polar surface area (TPSA) is 77.9 Å². The number of rotatable bonds is 3. The van der Waals surface area contributed by atoms with E-state index in [9.17, 15) is 19.5 Å². The van der Waals surface area contributed by atoms with Crippen LogP contribution in [0.2, 0.25) is 0 Å². The minimum absolute atomic E-state index is 0.0124. The molecule has 0 radical (unpaired) electrons. The number of hydrogen-bond donors (Lipinski definition) is 1. The van der Waals surface area contributed by atoms with E-state index < -0.39 is 12.0 Å². The van der Waals surface area contributed by atoms with Crippen LogP contribution in [-0.2, 0) is 14.4 Å². The summed E-state index contributed by atoms with van der Waals surface area (Å²) < 4.78 is 0. The van der Waals surface area contributed by atoms with Crippen LogP contribution in [0.3, 0.4) is 0 Å². The smallest absolute Gasteiger partial charge is 0.326 e. The van der Waals surface area contributed by atoms with Gasteiger partial charge in [-0.15, -0.1) is 0 Å². The van der Waals surface area contributed by atoms with Crippen LogP contribution in [0, 0.1) is 17.8 Å². The molecule has 2 heterocycles. The van der Waals surface area contributed by atoms with Crippen LogP contribution in [0.15, 0.2) is 0 Å². The van der Waals surface area contributed by atoms with Crippen LogP contribution >= 0.6 is 0 Å². The molecule has 1 saturated carbocycles. The van der Waals surface area contributed by atoms with Gasteiger partial charge in [-0.25, -0.2) is 4.79 Å². The van der Waals surface area contributed by atoms with Gasteiger partial charge in [-0.3, -0.25) is 9.59 Å². The van der Waals surface area contributed by atoms with Gasteiger partial charge in [-0.2, -0.15) is 0 Å². The molecule has 6 nitrogen and oxygen atoms in total. The van der Waals surface area contributed by atoms with Crippen molar-refractivity contribution in [3.63, 3.8) is 0 Å². The van der Waals surface area contributed by atoms with E-state index in [1.165, 1.54) is 0 Å². The van der Waals surface area contributed by atoms with Crippen molar-refractivity contribution in [2.75, 3.05) is 13.1 Å². The SMILES string of the molecule is CC(C)C(=O)N1CCC(C(=O)N2C(C(=O)O)CC3CCCCC32)CC1. The molecule has 1 aliphatic carbocycles. The first-order chi connectivity index (χ1) is 11.9. The Morgan fingerprint density at radius 1 is 1.00 bits per heavy atom. The standard InChI is InChI=1S/C19H30N2O4/c1-12(2)17(22)20-9-7-13(8-10-20)18(23)21-15-6-4-3-5-14(15)11-16(21)19(24)25/h12-16H,3-11H2,1-2H3,(H,24,25). The molecular weight excluding hydrogens is 320 g/mol. The Bertz CT molecular complexity index is 540. The van der Waals surface area contributed by atoms with E-state index >= 15 is 0 Å². The monoisotopic (exact) mass is 350 g/mol. The van der Waals surface area contributed by atoms with Crippen LogP contribution in [0.5, 0.6) is 0 Å². The quantitative estimate of drug-likeness (QED) is 0.846.